The molecule has 70 heavy (non-hydrogen) atoms. The van der Waals surface area contributed by atoms with E-state index in [4.69, 9.17) is 29.4 Å². The zero-order chi connectivity index (χ0) is 49.5. The average molecular weight is 997 g/mol. The summed E-state index contributed by atoms with van der Waals surface area (Å²) in [6.07, 6.45) is 0.287. The molecule has 6 heterocycles. The summed E-state index contributed by atoms with van der Waals surface area (Å²) in [6.45, 7) is 5.23. The molecular weight excluding hydrogens is 943 g/mol. The van der Waals surface area contributed by atoms with Gasteiger partial charge in [0.25, 0.3) is 0 Å². The van der Waals surface area contributed by atoms with Crippen LogP contribution in [-0.2, 0) is 20.4 Å². The number of hydrogen-bond acceptors (Lipinski definition) is 14. The fourth-order valence-corrected chi connectivity index (χ4v) is 11.2. The van der Waals surface area contributed by atoms with Crippen LogP contribution in [-0.4, -0.2) is 89.1 Å². The molecule has 9 rings (SSSR count). The normalized spacial score (nSPS) is 21.3. The minimum atomic E-state index is -5.41. The number of anilines is 3. The van der Waals surface area contributed by atoms with Gasteiger partial charge in [-0.1, -0.05) is 31.4 Å². The van der Waals surface area contributed by atoms with Crippen LogP contribution in [0.25, 0.3) is 32.1 Å². The van der Waals surface area contributed by atoms with Crippen LogP contribution in [0.1, 0.15) is 108 Å². The molecule has 3 aromatic heterocycles. The number of pyridine rings is 1. The highest BCUT2D eigenvalue weighted by Gasteiger charge is 2.50. The van der Waals surface area contributed by atoms with Gasteiger partial charge in [0.05, 0.1) is 33.8 Å². The van der Waals surface area contributed by atoms with Crippen molar-refractivity contribution >= 4 is 55.1 Å². The van der Waals surface area contributed by atoms with Gasteiger partial charge in [0.1, 0.15) is 70.3 Å². The summed E-state index contributed by atoms with van der Waals surface area (Å²) in [6, 6.07) is 5.95. The summed E-state index contributed by atoms with van der Waals surface area (Å²) < 4.78 is 127. The summed E-state index contributed by atoms with van der Waals surface area (Å²) in [4.78, 5) is 28.4. The van der Waals surface area contributed by atoms with Crippen molar-refractivity contribution in [3.8, 4) is 29.0 Å². The Morgan fingerprint density at radius 2 is 1.89 bits per heavy atom. The molecule has 5 aromatic rings. The molecule has 1 amide bonds. The maximum atomic E-state index is 18.3. The van der Waals surface area contributed by atoms with Crippen molar-refractivity contribution < 1.29 is 54.8 Å². The highest BCUT2D eigenvalue weighted by Crippen LogP contribution is 2.53. The second kappa shape index (κ2) is 19.8. The number of carbonyl (C=O) groups excluding carboxylic acids is 1. The van der Waals surface area contributed by atoms with E-state index in [-0.39, 0.29) is 53.4 Å². The van der Waals surface area contributed by atoms with Crippen LogP contribution < -0.4 is 25.8 Å². The fraction of sp³-hybridized carbons (Fsp3) is 0.531. The molecule has 14 nitrogen and oxygen atoms in total. The standard InChI is InChI=1S/C49H54F6N8O6S/c1-47(2,3)69-46(64)62-44-30(23-56)34-29(13-14-31(51)41(34)70-44)35-37(49(53,54)55)40(67-20-19-66-33-12-4-5-18-65-33)36-39(38(35)52)60-45(68-25-48-15-8-17-63(48)24-27(50)22-48)61-43(36)59-32(21-26-9-6-10-26)28-11-7-16-58-42(28)57/h7,11,13-14,16,26-27,32-33H,4-6,8-10,12,15,17-22,24-25H2,1-3H3,(H2,57,58)(H,62,64)(H,59,60,61)/t27-,32-,33?,48+/m1/s1. The quantitative estimate of drug-likeness (QED) is 0.0667. The number of amides is 1. The number of benzene rings is 2. The highest BCUT2D eigenvalue weighted by molar-refractivity contribution is 7.23. The molecule has 4 aliphatic rings. The number of nitriles is 1. The molecule has 0 spiro atoms. The third kappa shape index (κ3) is 10.1. The summed E-state index contributed by atoms with van der Waals surface area (Å²) in [5.41, 5.74) is 0.852. The van der Waals surface area contributed by atoms with E-state index in [0.29, 0.717) is 49.3 Å². The predicted molar refractivity (Wildman–Crippen MR) is 250 cm³/mol. The third-order valence-corrected chi connectivity index (χ3v) is 14.6. The lowest BCUT2D eigenvalue weighted by Gasteiger charge is -2.32. The Kier molecular flexibility index (Phi) is 14.0. The van der Waals surface area contributed by atoms with Crippen LogP contribution in [0.4, 0.5) is 47.8 Å². The van der Waals surface area contributed by atoms with Gasteiger partial charge < -0.3 is 34.7 Å². The summed E-state index contributed by atoms with van der Waals surface area (Å²) in [5.74, 6) is -3.30. The predicted octanol–water partition coefficient (Wildman–Crippen LogP) is 11.2. The zero-order valence-corrected chi connectivity index (χ0v) is 39.8. The number of nitrogens with zero attached hydrogens (tertiary/aromatic N) is 5. The second-order valence-electron chi connectivity index (χ2n) is 19.4. The van der Waals surface area contributed by atoms with E-state index in [1.54, 1.807) is 32.9 Å². The number of aromatic nitrogens is 3. The minimum Gasteiger partial charge on any atom is -0.490 e. The molecule has 4 N–H and O–H groups in total. The Balaban J connectivity index is 1.28. The van der Waals surface area contributed by atoms with Gasteiger partial charge in [-0.15, -0.1) is 11.3 Å². The molecule has 1 aliphatic carbocycles. The molecule has 1 saturated carbocycles. The molecule has 374 valence electrons. The molecular formula is C49H54F6N8O6S. The Labute approximate surface area is 404 Å². The minimum absolute atomic E-state index is 0.106. The number of carbonyl (C=O) groups is 1. The number of fused-ring (bicyclic) bond motifs is 3. The van der Waals surface area contributed by atoms with Crippen molar-refractivity contribution in [3.63, 3.8) is 0 Å². The fourth-order valence-electron chi connectivity index (χ4n) is 10.1. The van der Waals surface area contributed by atoms with Crippen LogP contribution in [0.5, 0.6) is 11.8 Å². The lowest BCUT2D eigenvalue weighted by Crippen LogP contribution is -2.43. The maximum Gasteiger partial charge on any atom is 0.420 e. The number of nitrogens with two attached hydrogens (primary N) is 1. The van der Waals surface area contributed by atoms with Gasteiger partial charge in [-0.3, -0.25) is 10.2 Å². The number of ether oxygens (including phenoxy) is 5. The first-order valence-electron chi connectivity index (χ1n) is 23.6. The third-order valence-electron chi connectivity index (χ3n) is 13.4. The number of rotatable bonds is 15. The van der Waals surface area contributed by atoms with E-state index in [1.165, 1.54) is 6.20 Å². The molecule has 21 heteroatoms. The SMILES string of the molecule is CC(C)(C)OC(=O)Nc1sc2c(F)ccc(-c3c(C(F)(F)F)c(OCCOC4CCCCO4)c4c(N[C@H](CC5CCC5)c5cccnc5N)nc(OC[C@@]56CCCN5C[C@H](F)C6)nc4c3F)c2c1C#N. The van der Waals surface area contributed by atoms with Crippen molar-refractivity contribution in [2.24, 2.45) is 5.92 Å². The van der Waals surface area contributed by atoms with Gasteiger partial charge in [-0.25, -0.2) is 22.9 Å². The van der Waals surface area contributed by atoms with E-state index in [0.717, 1.165) is 50.7 Å². The molecule has 3 aliphatic heterocycles. The lowest BCUT2D eigenvalue weighted by atomic mass is 9.79. The Morgan fingerprint density at radius 1 is 1.07 bits per heavy atom. The van der Waals surface area contributed by atoms with Crippen LogP contribution in [0.3, 0.4) is 0 Å². The summed E-state index contributed by atoms with van der Waals surface area (Å²) in [7, 11) is 0. The van der Waals surface area contributed by atoms with E-state index in [9.17, 15) is 14.4 Å². The number of halogens is 6. The average Bonchev–Trinajstić information content (AvgIpc) is 3.95. The first kappa shape index (κ1) is 49.3. The molecule has 1 unspecified atom stereocenters. The van der Waals surface area contributed by atoms with E-state index in [2.05, 4.69) is 25.6 Å². The van der Waals surface area contributed by atoms with Crippen molar-refractivity contribution in [1.82, 2.24) is 19.9 Å². The Morgan fingerprint density at radius 3 is 2.59 bits per heavy atom. The van der Waals surface area contributed by atoms with E-state index in [1.807, 2.05) is 11.0 Å². The van der Waals surface area contributed by atoms with Crippen molar-refractivity contribution in [2.75, 3.05) is 55.9 Å². The molecule has 3 saturated heterocycles. The molecule has 4 fully saturated rings. The maximum absolute atomic E-state index is 18.3. The van der Waals surface area contributed by atoms with E-state index < -0.39 is 110 Å². The van der Waals surface area contributed by atoms with Gasteiger partial charge >= 0.3 is 18.3 Å². The van der Waals surface area contributed by atoms with Gasteiger partial charge in [0, 0.05) is 42.3 Å². The van der Waals surface area contributed by atoms with Gasteiger partial charge in [-0.2, -0.15) is 28.4 Å². The van der Waals surface area contributed by atoms with Crippen LogP contribution >= 0.6 is 11.3 Å². The molecule has 4 atom stereocenters. The molecule has 2 aromatic carbocycles. The number of nitrogen functional groups attached to an aromatic ring is 1. The van der Waals surface area contributed by atoms with Gasteiger partial charge in [0.15, 0.2) is 12.1 Å². The largest absolute Gasteiger partial charge is 0.490 e. The topological polar surface area (TPSA) is 179 Å². The van der Waals surface area contributed by atoms with Gasteiger partial charge in [-0.05, 0) is 89.5 Å². The zero-order valence-electron chi connectivity index (χ0n) is 38.9. The van der Waals surface area contributed by atoms with Crippen molar-refractivity contribution in [1.29, 1.82) is 5.26 Å². The van der Waals surface area contributed by atoms with Crippen molar-refractivity contribution in [3.05, 3.63) is 58.8 Å². The monoisotopic (exact) mass is 996 g/mol. The van der Waals surface area contributed by atoms with Crippen LogP contribution in [0, 0.1) is 28.9 Å². The Hall–Kier alpha value is -5.69. The number of hydrogen-bond donors (Lipinski definition) is 3. The number of alkyl halides is 4. The van der Waals surface area contributed by atoms with Gasteiger partial charge in [0.2, 0.25) is 0 Å². The van der Waals surface area contributed by atoms with Crippen LogP contribution in [0.15, 0.2) is 30.5 Å². The highest BCUT2D eigenvalue weighted by atomic mass is 32.1. The van der Waals surface area contributed by atoms with E-state index >= 15 is 22.0 Å². The first-order chi connectivity index (χ1) is 33.4. The number of thiophene rings is 1. The lowest BCUT2D eigenvalue weighted by molar-refractivity contribution is -0.166. The number of nitrogens with one attached hydrogen (secondary N) is 2. The summed E-state index contributed by atoms with van der Waals surface area (Å²) in [5, 5.41) is 15.1. The van der Waals surface area contributed by atoms with Crippen molar-refractivity contribution in [2.45, 2.75) is 121 Å². The smallest absolute Gasteiger partial charge is 0.420 e. The first-order valence-corrected chi connectivity index (χ1v) is 24.4. The molecule has 0 radical (unpaired) electrons. The second-order valence-corrected chi connectivity index (χ2v) is 20.4. The van der Waals surface area contributed by atoms with Crippen LogP contribution in [0.2, 0.25) is 0 Å². The summed E-state index contributed by atoms with van der Waals surface area (Å²) >= 11 is 0.569. The molecule has 0 bridgehead atoms. The Bertz CT molecular complexity index is 2810.